The summed E-state index contributed by atoms with van der Waals surface area (Å²) < 4.78 is 22.6. The Labute approximate surface area is 110 Å². The van der Waals surface area contributed by atoms with Crippen molar-refractivity contribution in [3.05, 3.63) is 16.5 Å². The summed E-state index contributed by atoms with van der Waals surface area (Å²) in [6, 6.07) is 0. The number of nitrogens with one attached hydrogen (secondary N) is 1. The first-order chi connectivity index (χ1) is 8.30. The van der Waals surface area contributed by atoms with Gasteiger partial charge >= 0.3 is 0 Å². The van der Waals surface area contributed by atoms with E-state index in [-0.39, 0.29) is 10.1 Å². The first-order valence-corrected chi connectivity index (χ1v) is 8.12. The Balaban J connectivity index is 2.09. The second kappa shape index (κ2) is 4.64. The molecule has 1 aromatic rings. The second-order valence-electron chi connectivity index (χ2n) is 4.79. The summed E-state index contributed by atoms with van der Waals surface area (Å²) in [7, 11) is -3.74. The first kappa shape index (κ1) is 13.5. The minimum absolute atomic E-state index is 0.0624. The number of nitrogens with two attached hydrogens (primary N) is 1. The zero-order valence-corrected chi connectivity index (χ0v) is 11.9. The minimum Gasteiger partial charge on any atom is -0.352 e. The standard InChI is InChI=1S/C11H16N2O3S2/c1-6-3-8(6)4-13-10(14)9-5-17-11(7(9)2)18(12,15)16/h5-6,8H,3-4H2,1-2H3,(H,13,14)(H2,12,15,16). The third-order valence-corrected chi connectivity index (χ3v) is 5.98. The van der Waals surface area contributed by atoms with Gasteiger partial charge in [0.1, 0.15) is 4.21 Å². The fourth-order valence-electron chi connectivity index (χ4n) is 1.91. The molecule has 0 aliphatic heterocycles. The molecule has 1 heterocycles. The van der Waals surface area contributed by atoms with Crippen LogP contribution in [0.2, 0.25) is 0 Å². The van der Waals surface area contributed by atoms with E-state index in [2.05, 4.69) is 12.2 Å². The second-order valence-corrected chi connectivity index (χ2v) is 7.43. The van der Waals surface area contributed by atoms with Crippen LogP contribution in [0, 0.1) is 18.8 Å². The Hall–Kier alpha value is -0.920. The van der Waals surface area contributed by atoms with E-state index >= 15 is 0 Å². The van der Waals surface area contributed by atoms with Gasteiger partial charge in [-0.25, -0.2) is 13.6 Å². The number of thiophene rings is 1. The molecule has 1 saturated carbocycles. The number of primary sulfonamides is 1. The lowest BCUT2D eigenvalue weighted by atomic mass is 10.2. The van der Waals surface area contributed by atoms with Crippen molar-refractivity contribution in [3.8, 4) is 0 Å². The number of hydrogen-bond acceptors (Lipinski definition) is 4. The summed E-state index contributed by atoms with van der Waals surface area (Å²) >= 11 is 0.988. The van der Waals surface area contributed by atoms with Crippen LogP contribution in [0.15, 0.2) is 9.59 Å². The predicted octanol–water partition coefficient (Wildman–Crippen LogP) is 1.09. The van der Waals surface area contributed by atoms with E-state index in [0.717, 1.165) is 17.8 Å². The molecule has 0 radical (unpaired) electrons. The molecule has 0 aromatic carbocycles. The SMILES string of the molecule is Cc1c(C(=O)NCC2CC2C)csc1S(N)(=O)=O. The number of amides is 1. The Morgan fingerprint density at radius 3 is 2.67 bits per heavy atom. The highest BCUT2D eigenvalue weighted by molar-refractivity contribution is 7.91. The Bertz CT molecular complexity index is 577. The number of sulfonamides is 1. The predicted molar refractivity (Wildman–Crippen MR) is 70.0 cm³/mol. The Kier molecular flexibility index (Phi) is 3.48. The largest absolute Gasteiger partial charge is 0.352 e. The molecule has 0 bridgehead atoms. The van der Waals surface area contributed by atoms with E-state index < -0.39 is 10.0 Å². The van der Waals surface area contributed by atoms with Crippen molar-refractivity contribution in [2.75, 3.05) is 6.54 Å². The molecule has 2 atom stereocenters. The van der Waals surface area contributed by atoms with Crippen molar-refractivity contribution >= 4 is 27.3 Å². The van der Waals surface area contributed by atoms with Gasteiger partial charge < -0.3 is 5.32 Å². The molecule has 7 heteroatoms. The molecular formula is C11H16N2O3S2. The van der Waals surface area contributed by atoms with E-state index in [1.807, 2.05) is 0 Å². The van der Waals surface area contributed by atoms with E-state index in [1.165, 1.54) is 0 Å². The third-order valence-electron chi connectivity index (χ3n) is 3.30. The topological polar surface area (TPSA) is 89.3 Å². The average molecular weight is 288 g/mol. The van der Waals surface area contributed by atoms with Gasteiger partial charge in [0.05, 0.1) is 5.56 Å². The van der Waals surface area contributed by atoms with E-state index in [1.54, 1.807) is 12.3 Å². The lowest BCUT2D eigenvalue weighted by Crippen LogP contribution is -2.26. The van der Waals surface area contributed by atoms with Crippen LogP contribution in [-0.2, 0) is 10.0 Å². The van der Waals surface area contributed by atoms with Crippen LogP contribution >= 0.6 is 11.3 Å². The molecule has 18 heavy (non-hydrogen) atoms. The van der Waals surface area contributed by atoms with Crippen LogP contribution < -0.4 is 10.5 Å². The summed E-state index contributed by atoms with van der Waals surface area (Å²) in [5, 5.41) is 9.44. The maximum Gasteiger partial charge on any atom is 0.252 e. The van der Waals surface area contributed by atoms with E-state index in [0.29, 0.717) is 29.5 Å². The lowest BCUT2D eigenvalue weighted by Gasteiger charge is -2.04. The van der Waals surface area contributed by atoms with Crippen molar-refractivity contribution in [2.24, 2.45) is 17.0 Å². The van der Waals surface area contributed by atoms with Gasteiger partial charge in [-0.3, -0.25) is 4.79 Å². The quantitative estimate of drug-likeness (QED) is 0.869. The molecule has 5 nitrogen and oxygen atoms in total. The van der Waals surface area contributed by atoms with Gasteiger partial charge in [0, 0.05) is 11.9 Å². The zero-order chi connectivity index (χ0) is 13.5. The molecule has 1 aliphatic rings. The highest BCUT2D eigenvalue weighted by Crippen LogP contribution is 2.36. The highest BCUT2D eigenvalue weighted by Gasteiger charge is 2.32. The van der Waals surface area contributed by atoms with Gasteiger partial charge in [-0.2, -0.15) is 0 Å². The normalized spacial score (nSPS) is 22.8. The van der Waals surface area contributed by atoms with Gasteiger partial charge in [-0.15, -0.1) is 11.3 Å². The van der Waals surface area contributed by atoms with Gasteiger partial charge in [-0.05, 0) is 30.7 Å². The number of hydrogen-bond donors (Lipinski definition) is 2. The molecule has 0 saturated heterocycles. The molecule has 100 valence electrons. The molecule has 0 spiro atoms. The maximum atomic E-state index is 11.9. The molecule has 1 aromatic heterocycles. The summed E-state index contributed by atoms with van der Waals surface area (Å²) in [5.74, 6) is 1.01. The van der Waals surface area contributed by atoms with Crippen LogP contribution in [0.1, 0.15) is 29.3 Å². The molecule has 2 unspecified atom stereocenters. The van der Waals surface area contributed by atoms with Crippen LogP contribution in [0.4, 0.5) is 0 Å². The molecule has 1 fully saturated rings. The molecule has 3 N–H and O–H groups in total. The van der Waals surface area contributed by atoms with Crippen molar-refractivity contribution in [3.63, 3.8) is 0 Å². The lowest BCUT2D eigenvalue weighted by molar-refractivity contribution is 0.0951. The van der Waals surface area contributed by atoms with E-state index in [9.17, 15) is 13.2 Å². The van der Waals surface area contributed by atoms with Crippen molar-refractivity contribution in [2.45, 2.75) is 24.5 Å². The third kappa shape index (κ3) is 2.73. The Morgan fingerprint density at radius 1 is 1.61 bits per heavy atom. The fourth-order valence-corrected chi connectivity index (χ4v) is 3.92. The van der Waals surface area contributed by atoms with Gasteiger partial charge in [0.25, 0.3) is 5.91 Å². The average Bonchev–Trinajstić information content (AvgIpc) is 2.79. The summed E-state index contributed by atoms with van der Waals surface area (Å²) in [6.45, 7) is 4.40. The number of carbonyl (C=O) groups is 1. The Morgan fingerprint density at radius 2 is 2.22 bits per heavy atom. The van der Waals surface area contributed by atoms with E-state index in [4.69, 9.17) is 5.14 Å². The van der Waals surface area contributed by atoms with Crippen LogP contribution in [0.3, 0.4) is 0 Å². The first-order valence-electron chi connectivity index (χ1n) is 5.69. The number of rotatable bonds is 4. The van der Waals surface area contributed by atoms with Gasteiger partial charge in [-0.1, -0.05) is 6.92 Å². The van der Waals surface area contributed by atoms with Crippen molar-refractivity contribution in [1.29, 1.82) is 0 Å². The highest BCUT2D eigenvalue weighted by atomic mass is 32.2. The van der Waals surface area contributed by atoms with Gasteiger partial charge in [0.2, 0.25) is 10.0 Å². The minimum atomic E-state index is -3.74. The summed E-state index contributed by atoms with van der Waals surface area (Å²) in [4.78, 5) is 11.9. The monoisotopic (exact) mass is 288 g/mol. The van der Waals surface area contributed by atoms with Crippen LogP contribution in [0.5, 0.6) is 0 Å². The summed E-state index contributed by atoms with van der Waals surface area (Å²) in [6.07, 6.45) is 1.14. The fraction of sp³-hybridized carbons (Fsp3) is 0.545. The molecular weight excluding hydrogens is 272 g/mol. The van der Waals surface area contributed by atoms with Crippen LogP contribution in [0.25, 0.3) is 0 Å². The smallest absolute Gasteiger partial charge is 0.252 e. The molecule has 2 rings (SSSR count). The number of carbonyl (C=O) groups excluding carboxylic acids is 1. The van der Waals surface area contributed by atoms with Crippen molar-refractivity contribution < 1.29 is 13.2 Å². The van der Waals surface area contributed by atoms with Crippen molar-refractivity contribution in [1.82, 2.24) is 5.32 Å². The van der Waals surface area contributed by atoms with Crippen LogP contribution in [-0.4, -0.2) is 20.9 Å². The molecule has 1 amide bonds. The zero-order valence-electron chi connectivity index (χ0n) is 10.3. The summed E-state index contributed by atoms with van der Waals surface area (Å²) in [5.41, 5.74) is 0.834. The molecule has 1 aliphatic carbocycles. The maximum absolute atomic E-state index is 11.9. The van der Waals surface area contributed by atoms with Gasteiger partial charge in [0.15, 0.2) is 0 Å².